The Hall–Kier alpha value is -1.02. The fraction of sp³-hybridized carbons (Fsp3) is 0.571. The number of aryl methyl sites for hydroxylation is 2. The third-order valence-corrected chi connectivity index (χ3v) is 3.88. The van der Waals surface area contributed by atoms with Gasteiger partial charge in [-0.05, 0) is 38.3 Å². The molecular formula is C14H21NO. The predicted molar refractivity (Wildman–Crippen MR) is 67.9 cm³/mol. The summed E-state index contributed by atoms with van der Waals surface area (Å²) in [6.07, 6.45) is 1.10. The van der Waals surface area contributed by atoms with Crippen LogP contribution in [0.4, 0.5) is 5.69 Å². The van der Waals surface area contributed by atoms with Gasteiger partial charge in [0, 0.05) is 30.8 Å². The summed E-state index contributed by atoms with van der Waals surface area (Å²) in [7, 11) is 0. The van der Waals surface area contributed by atoms with Crippen molar-refractivity contribution >= 4 is 5.69 Å². The molecule has 1 aromatic carbocycles. The van der Waals surface area contributed by atoms with E-state index >= 15 is 0 Å². The highest BCUT2D eigenvalue weighted by Gasteiger charge is 2.31. The summed E-state index contributed by atoms with van der Waals surface area (Å²) < 4.78 is 0. The molecule has 2 unspecified atom stereocenters. The highest BCUT2D eigenvalue weighted by Crippen LogP contribution is 2.33. The van der Waals surface area contributed by atoms with Gasteiger partial charge >= 0.3 is 0 Å². The van der Waals surface area contributed by atoms with E-state index in [4.69, 9.17) is 0 Å². The van der Waals surface area contributed by atoms with Crippen LogP contribution in [0, 0.1) is 19.8 Å². The van der Waals surface area contributed by atoms with Gasteiger partial charge in [-0.2, -0.15) is 0 Å². The van der Waals surface area contributed by atoms with Crippen LogP contribution in [0.15, 0.2) is 18.2 Å². The zero-order valence-electron chi connectivity index (χ0n) is 10.4. The molecular weight excluding hydrogens is 198 g/mol. The molecule has 1 fully saturated rings. The number of aliphatic hydroxyl groups excluding tert-OH is 1. The standard InChI is InChI=1S/C14H21NO/c1-10-5-4-6-11(2)14(10)15-8-7-13(9-16)12(15)3/h4-6,12-13,16H,7-9H2,1-3H3. The van der Waals surface area contributed by atoms with Gasteiger partial charge in [0.25, 0.3) is 0 Å². The first-order valence-corrected chi connectivity index (χ1v) is 6.09. The van der Waals surface area contributed by atoms with E-state index in [9.17, 15) is 5.11 Å². The number of aliphatic hydroxyl groups is 1. The number of nitrogens with zero attached hydrogens (tertiary/aromatic N) is 1. The third kappa shape index (κ3) is 1.82. The van der Waals surface area contributed by atoms with E-state index in [1.807, 2.05) is 0 Å². The van der Waals surface area contributed by atoms with Gasteiger partial charge < -0.3 is 10.0 Å². The minimum absolute atomic E-state index is 0.308. The summed E-state index contributed by atoms with van der Waals surface area (Å²) in [5, 5.41) is 9.31. The molecule has 1 saturated heterocycles. The zero-order valence-corrected chi connectivity index (χ0v) is 10.4. The first kappa shape index (κ1) is 11.5. The minimum atomic E-state index is 0.308. The quantitative estimate of drug-likeness (QED) is 0.826. The lowest BCUT2D eigenvalue weighted by atomic mass is 10.0. The van der Waals surface area contributed by atoms with Crippen molar-refractivity contribution in [3.8, 4) is 0 Å². The van der Waals surface area contributed by atoms with E-state index in [1.54, 1.807) is 0 Å². The molecule has 1 heterocycles. The van der Waals surface area contributed by atoms with Crippen molar-refractivity contribution in [1.82, 2.24) is 0 Å². The molecule has 88 valence electrons. The Kier molecular flexibility index (Phi) is 3.20. The molecule has 0 bridgehead atoms. The summed E-state index contributed by atoms with van der Waals surface area (Å²) in [6.45, 7) is 7.93. The fourth-order valence-electron chi connectivity index (χ4n) is 2.82. The van der Waals surface area contributed by atoms with Crippen molar-refractivity contribution in [2.75, 3.05) is 18.1 Å². The highest BCUT2D eigenvalue weighted by molar-refractivity contribution is 5.60. The molecule has 1 aliphatic heterocycles. The maximum atomic E-state index is 9.31. The predicted octanol–water partition coefficient (Wildman–Crippen LogP) is 2.51. The van der Waals surface area contributed by atoms with E-state index in [-0.39, 0.29) is 0 Å². The van der Waals surface area contributed by atoms with Crippen molar-refractivity contribution in [1.29, 1.82) is 0 Å². The molecule has 2 heteroatoms. The zero-order chi connectivity index (χ0) is 11.7. The molecule has 2 rings (SSSR count). The SMILES string of the molecule is Cc1cccc(C)c1N1CCC(CO)C1C. The molecule has 16 heavy (non-hydrogen) atoms. The van der Waals surface area contributed by atoms with E-state index in [2.05, 4.69) is 43.9 Å². The molecule has 0 aliphatic carbocycles. The van der Waals surface area contributed by atoms with Crippen LogP contribution in [0.3, 0.4) is 0 Å². The molecule has 0 saturated carbocycles. The van der Waals surface area contributed by atoms with Crippen LogP contribution in [0.2, 0.25) is 0 Å². The van der Waals surface area contributed by atoms with Crippen molar-refractivity contribution in [3.63, 3.8) is 0 Å². The van der Waals surface area contributed by atoms with Gasteiger partial charge in [0.1, 0.15) is 0 Å². The van der Waals surface area contributed by atoms with Crippen LogP contribution in [0.5, 0.6) is 0 Å². The van der Waals surface area contributed by atoms with Gasteiger partial charge in [-0.3, -0.25) is 0 Å². The summed E-state index contributed by atoms with van der Waals surface area (Å²) >= 11 is 0. The number of rotatable bonds is 2. The van der Waals surface area contributed by atoms with Gasteiger partial charge in [0.05, 0.1) is 0 Å². The molecule has 0 aromatic heterocycles. The summed E-state index contributed by atoms with van der Waals surface area (Å²) in [6, 6.07) is 6.89. The van der Waals surface area contributed by atoms with Crippen LogP contribution < -0.4 is 4.90 Å². The Bertz CT molecular complexity index is 355. The number of benzene rings is 1. The number of para-hydroxylation sites is 1. The third-order valence-electron chi connectivity index (χ3n) is 3.88. The van der Waals surface area contributed by atoms with Crippen molar-refractivity contribution in [2.45, 2.75) is 33.2 Å². The van der Waals surface area contributed by atoms with Crippen LogP contribution in [-0.4, -0.2) is 24.3 Å². The molecule has 2 nitrogen and oxygen atoms in total. The minimum Gasteiger partial charge on any atom is -0.396 e. The molecule has 1 aliphatic rings. The second kappa shape index (κ2) is 4.46. The van der Waals surface area contributed by atoms with E-state index in [0.717, 1.165) is 13.0 Å². The second-order valence-electron chi connectivity index (χ2n) is 4.91. The fourth-order valence-corrected chi connectivity index (χ4v) is 2.82. The summed E-state index contributed by atoms with van der Waals surface area (Å²) in [5.74, 6) is 0.430. The normalized spacial score (nSPS) is 25.1. The van der Waals surface area contributed by atoms with Gasteiger partial charge in [-0.1, -0.05) is 18.2 Å². The average Bonchev–Trinajstić information content (AvgIpc) is 2.60. The summed E-state index contributed by atoms with van der Waals surface area (Å²) in [4.78, 5) is 2.45. The van der Waals surface area contributed by atoms with Crippen molar-refractivity contribution < 1.29 is 5.11 Å². The lowest BCUT2D eigenvalue weighted by Gasteiger charge is -2.29. The van der Waals surface area contributed by atoms with E-state index < -0.39 is 0 Å². The molecule has 1 N–H and O–H groups in total. The Balaban J connectivity index is 2.32. The Morgan fingerprint density at radius 3 is 2.44 bits per heavy atom. The maximum Gasteiger partial charge on any atom is 0.0479 e. The first-order valence-electron chi connectivity index (χ1n) is 6.09. The van der Waals surface area contributed by atoms with Crippen LogP contribution in [0.25, 0.3) is 0 Å². The molecule has 1 aromatic rings. The van der Waals surface area contributed by atoms with Crippen LogP contribution in [-0.2, 0) is 0 Å². The van der Waals surface area contributed by atoms with Crippen molar-refractivity contribution in [2.24, 2.45) is 5.92 Å². The Morgan fingerprint density at radius 1 is 1.31 bits per heavy atom. The Morgan fingerprint density at radius 2 is 1.94 bits per heavy atom. The van der Waals surface area contributed by atoms with E-state index in [0.29, 0.717) is 18.6 Å². The van der Waals surface area contributed by atoms with Gasteiger partial charge in [-0.15, -0.1) is 0 Å². The molecule has 0 spiro atoms. The lowest BCUT2D eigenvalue weighted by Crippen LogP contribution is -2.32. The van der Waals surface area contributed by atoms with Gasteiger partial charge in [-0.25, -0.2) is 0 Å². The van der Waals surface area contributed by atoms with E-state index in [1.165, 1.54) is 16.8 Å². The monoisotopic (exact) mass is 219 g/mol. The highest BCUT2D eigenvalue weighted by atomic mass is 16.3. The summed E-state index contributed by atoms with van der Waals surface area (Å²) in [5.41, 5.74) is 4.04. The number of hydrogen-bond donors (Lipinski definition) is 1. The van der Waals surface area contributed by atoms with Crippen molar-refractivity contribution in [3.05, 3.63) is 29.3 Å². The second-order valence-corrected chi connectivity index (χ2v) is 4.91. The first-order chi connectivity index (χ1) is 7.65. The number of anilines is 1. The van der Waals surface area contributed by atoms with Gasteiger partial charge in [0.15, 0.2) is 0 Å². The number of hydrogen-bond acceptors (Lipinski definition) is 2. The molecule has 0 amide bonds. The Labute approximate surface area is 97.9 Å². The van der Waals surface area contributed by atoms with Gasteiger partial charge in [0.2, 0.25) is 0 Å². The van der Waals surface area contributed by atoms with Crippen LogP contribution in [0.1, 0.15) is 24.5 Å². The lowest BCUT2D eigenvalue weighted by molar-refractivity contribution is 0.221. The average molecular weight is 219 g/mol. The topological polar surface area (TPSA) is 23.5 Å². The smallest absolute Gasteiger partial charge is 0.0479 e. The molecule has 2 atom stereocenters. The largest absolute Gasteiger partial charge is 0.396 e. The maximum absolute atomic E-state index is 9.31. The molecule has 0 radical (unpaired) electrons. The van der Waals surface area contributed by atoms with Crippen LogP contribution >= 0.6 is 0 Å².